The molecule has 0 radical (unpaired) electrons. The molecular formula is C134H82N10O3. The molecule has 13 heteroatoms. The lowest BCUT2D eigenvalue weighted by Crippen LogP contribution is -2.00. The summed E-state index contributed by atoms with van der Waals surface area (Å²) in [4.78, 5) is 49.5. The topological polar surface area (TPSA) is 168 Å². The van der Waals surface area contributed by atoms with Gasteiger partial charge < -0.3 is 13.3 Å². The zero-order chi connectivity index (χ0) is 97.2. The summed E-state index contributed by atoms with van der Waals surface area (Å²) < 4.78 is 20.4. The first-order chi connectivity index (χ1) is 72.8. The van der Waals surface area contributed by atoms with Gasteiger partial charge in [0.15, 0.2) is 52.4 Å². The number of aromatic nitrogens is 10. The Hall–Kier alpha value is -20.0. The van der Waals surface area contributed by atoms with Crippen LogP contribution in [0.5, 0.6) is 0 Å². The van der Waals surface area contributed by atoms with Crippen molar-refractivity contribution in [3.8, 4) is 158 Å². The van der Waals surface area contributed by atoms with E-state index in [9.17, 15) is 0 Å². The average molecular weight is 1880 g/mol. The summed E-state index contributed by atoms with van der Waals surface area (Å²) in [6, 6.07) is 167. The fourth-order valence-electron chi connectivity index (χ4n) is 20.8. The van der Waals surface area contributed by atoms with E-state index in [-0.39, 0.29) is 0 Å². The van der Waals surface area contributed by atoms with Crippen molar-refractivity contribution in [3.63, 3.8) is 0 Å². The minimum atomic E-state index is 0.585. The van der Waals surface area contributed by atoms with Crippen LogP contribution in [0.4, 0.5) is 0 Å². The summed E-state index contributed by atoms with van der Waals surface area (Å²) in [5, 5.41) is 20.9. The van der Waals surface area contributed by atoms with Crippen molar-refractivity contribution in [2.24, 2.45) is 0 Å². The molecule has 29 rings (SSSR count). The minimum Gasteiger partial charge on any atom is -0.455 e. The maximum absolute atomic E-state index is 6.86. The van der Waals surface area contributed by atoms with Crippen molar-refractivity contribution in [2.45, 2.75) is 0 Å². The van der Waals surface area contributed by atoms with Crippen molar-refractivity contribution in [1.29, 1.82) is 0 Å². The third kappa shape index (κ3) is 16.1. The van der Waals surface area contributed by atoms with Crippen LogP contribution >= 0.6 is 0 Å². The fraction of sp³-hybridized carbons (Fsp3) is 0. The quantitative estimate of drug-likeness (QED) is 0.101. The van der Waals surface area contributed by atoms with E-state index in [4.69, 9.17) is 58.1 Å². The molecule has 13 nitrogen and oxygen atoms in total. The zero-order valence-electron chi connectivity index (χ0n) is 79.0. The number of hydrogen-bond donors (Lipinski definition) is 0. The molecule has 0 aliphatic heterocycles. The summed E-state index contributed by atoms with van der Waals surface area (Å²) in [5.41, 5.74) is 23.7. The van der Waals surface area contributed by atoms with Crippen molar-refractivity contribution >= 4 is 130 Å². The Morgan fingerprint density at radius 3 is 0.673 bits per heavy atom. The van der Waals surface area contributed by atoms with Gasteiger partial charge in [0.25, 0.3) is 0 Å². The molecule has 0 bridgehead atoms. The molecule has 7 aromatic heterocycles. The number of hydrogen-bond acceptors (Lipinski definition) is 13. The van der Waals surface area contributed by atoms with E-state index in [2.05, 4.69) is 296 Å². The molecule has 0 atom stereocenters. The summed E-state index contributed by atoms with van der Waals surface area (Å²) in [5.74, 6) is 5.58. The van der Waals surface area contributed by atoms with Crippen LogP contribution in [0.2, 0.25) is 0 Å². The lowest BCUT2D eigenvalue weighted by molar-refractivity contribution is 0.670. The average Bonchev–Trinajstić information content (AvgIpc) is 1.58. The van der Waals surface area contributed by atoms with Crippen molar-refractivity contribution in [3.05, 3.63) is 498 Å². The second-order valence-corrected chi connectivity index (χ2v) is 36.7. The van der Waals surface area contributed by atoms with Gasteiger partial charge in [0.05, 0.1) is 0 Å². The maximum Gasteiger partial charge on any atom is 0.164 e. The SMILES string of the molecule is c1ccc(-c2cc(-c3nc(-c4ccccc4)nc(-c4ccccc4)n3)cc(-c3cc4ccccc4c4c3oc3ccc5ccccc5c34)c2)cc1.c1ccc(-c2nc(-c3ccccc3)nc(-c3cc(-c4cccnc4)cc(-c4cc5ccccc5c5c4oc4ccc6ccccc6c45)c3)n2)cc1.c1ccc(-c2nc(-c3ccccc3)nc(-c3cccc(-c4cc5ccccc5c5c4oc4ccc6ccccc6c45)c3)n2)cc1. The largest absolute Gasteiger partial charge is 0.455 e. The second-order valence-electron chi connectivity index (χ2n) is 36.7. The van der Waals surface area contributed by atoms with Gasteiger partial charge in [-0.1, -0.05) is 400 Å². The van der Waals surface area contributed by atoms with Gasteiger partial charge in [0.2, 0.25) is 0 Å². The number of rotatable bonds is 14. The van der Waals surface area contributed by atoms with E-state index in [0.29, 0.717) is 52.4 Å². The molecule has 0 aliphatic rings. The monoisotopic (exact) mass is 1880 g/mol. The normalized spacial score (nSPS) is 11.5. The molecule has 0 saturated carbocycles. The van der Waals surface area contributed by atoms with E-state index < -0.39 is 0 Å². The van der Waals surface area contributed by atoms with E-state index in [1.54, 1.807) is 6.20 Å². The van der Waals surface area contributed by atoms with Crippen LogP contribution in [-0.2, 0) is 0 Å². The Labute approximate surface area is 843 Å². The molecule has 0 N–H and O–H groups in total. The van der Waals surface area contributed by atoms with Gasteiger partial charge in [-0.15, -0.1) is 0 Å². The minimum absolute atomic E-state index is 0.585. The Balaban J connectivity index is 0.000000109. The van der Waals surface area contributed by atoms with Gasteiger partial charge in [-0.05, 0) is 183 Å². The van der Waals surface area contributed by atoms with Crippen molar-refractivity contribution in [2.75, 3.05) is 0 Å². The Morgan fingerprint density at radius 2 is 0.361 bits per heavy atom. The lowest BCUT2D eigenvalue weighted by atomic mass is 9.92. The number of nitrogens with zero attached hydrogens (tertiary/aromatic N) is 10. The van der Waals surface area contributed by atoms with Gasteiger partial charge >= 0.3 is 0 Å². The summed E-state index contributed by atoms with van der Waals surface area (Å²) in [6.45, 7) is 0. The predicted octanol–water partition coefficient (Wildman–Crippen LogP) is 35.0. The predicted molar refractivity (Wildman–Crippen MR) is 600 cm³/mol. The van der Waals surface area contributed by atoms with Crippen molar-refractivity contribution in [1.82, 2.24) is 49.8 Å². The third-order valence-corrected chi connectivity index (χ3v) is 27.7. The van der Waals surface area contributed by atoms with Crippen molar-refractivity contribution < 1.29 is 13.3 Å². The molecule has 0 spiro atoms. The van der Waals surface area contributed by atoms with E-state index in [1.807, 2.05) is 200 Å². The maximum atomic E-state index is 6.86. The van der Waals surface area contributed by atoms with Crippen LogP contribution in [0.3, 0.4) is 0 Å². The number of pyridine rings is 1. The highest BCUT2D eigenvalue weighted by Gasteiger charge is 2.27. The smallest absolute Gasteiger partial charge is 0.164 e. The van der Waals surface area contributed by atoms with Crippen LogP contribution in [0.1, 0.15) is 0 Å². The second kappa shape index (κ2) is 36.9. The van der Waals surface area contributed by atoms with Crippen LogP contribution in [-0.4, -0.2) is 49.8 Å². The van der Waals surface area contributed by atoms with Crippen LogP contribution < -0.4 is 0 Å². The summed E-state index contributed by atoms with van der Waals surface area (Å²) >= 11 is 0. The highest BCUT2D eigenvalue weighted by molar-refractivity contribution is 6.32. The first-order valence-corrected chi connectivity index (χ1v) is 49.1. The molecule has 686 valence electrons. The summed E-state index contributed by atoms with van der Waals surface area (Å²) in [6.07, 6.45) is 3.69. The van der Waals surface area contributed by atoms with Gasteiger partial charge in [0, 0.05) is 117 Å². The van der Waals surface area contributed by atoms with Gasteiger partial charge in [0.1, 0.15) is 33.5 Å². The molecule has 0 saturated heterocycles. The standard InChI is InChI=1S/C47H29N3O.C46H28N4O.C41H25N3O/c1-4-14-30(15-5-1)35-26-36(28-37(27-35)47-49-45(32-17-6-2-7-18-32)48-46(50-47)33-19-8-3-9-20-33)40-29-34-21-11-13-23-39(34)43-42-38-22-12-10-16-31(38)24-25-41(42)51-44(40)43;1-3-13-30(14-4-1)44-48-45(31-15-5-2-6-16-31)50-46(49-44)36-25-34(33-18-11-23-47-28-33)24-35(26-36)39-27-32-17-8-10-20-38(32)42-41-37-19-9-7-12-29(37)21-22-40(41)51-43(39)42;1-3-13-27(14-4-1)39-42-40(28-15-5-2-6-16-28)44-41(43-39)31-19-11-18-29(24-31)34-25-30-17-8-10-21-33(30)37-36-32-20-9-7-12-26(32)22-23-35(36)45-38(34)37/h1-29H;1-28H;1-25H. The van der Waals surface area contributed by atoms with E-state index >= 15 is 0 Å². The van der Waals surface area contributed by atoms with Gasteiger partial charge in [-0.2, -0.15) is 0 Å². The molecule has 0 unspecified atom stereocenters. The summed E-state index contributed by atoms with van der Waals surface area (Å²) in [7, 11) is 0. The Morgan fingerprint density at radius 1 is 0.136 bits per heavy atom. The first-order valence-electron chi connectivity index (χ1n) is 49.1. The zero-order valence-corrected chi connectivity index (χ0v) is 79.0. The lowest BCUT2D eigenvalue weighted by Gasteiger charge is -2.13. The van der Waals surface area contributed by atoms with E-state index in [0.717, 1.165) is 188 Å². The molecule has 147 heavy (non-hydrogen) atoms. The molecule has 0 amide bonds. The molecular weight excluding hydrogens is 1800 g/mol. The molecule has 0 aliphatic carbocycles. The number of benzene rings is 22. The Bertz CT molecular complexity index is 9600. The highest BCUT2D eigenvalue weighted by Crippen LogP contribution is 2.50. The van der Waals surface area contributed by atoms with Crippen LogP contribution in [0.25, 0.3) is 289 Å². The molecule has 7 heterocycles. The third-order valence-electron chi connectivity index (χ3n) is 27.7. The van der Waals surface area contributed by atoms with Gasteiger partial charge in [-0.25, -0.2) is 44.9 Å². The van der Waals surface area contributed by atoms with Crippen LogP contribution in [0, 0.1) is 0 Å². The molecule has 22 aromatic carbocycles. The van der Waals surface area contributed by atoms with Gasteiger partial charge in [-0.3, -0.25) is 4.98 Å². The molecule has 29 aromatic rings. The first kappa shape index (κ1) is 86.1. The molecule has 0 fully saturated rings. The van der Waals surface area contributed by atoms with Crippen LogP contribution in [0.15, 0.2) is 511 Å². The highest BCUT2D eigenvalue weighted by atomic mass is 16.3. The fourth-order valence-corrected chi connectivity index (χ4v) is 20.8. The number of fused-ring (bicyclic) bond motifs is 21. The number of furan rings is 3. The van der Waals surface area contributed by atoms with E-state index in [1.165, 1.54) is 48.5 Å². The Kier molecular flexibility index (Phi) is 21.6.